The molecule has 0 saturated carbocycles. The normalized spacial score (nSPS) is 12.1. The molecule has 14 heavy (non-hydrogen) atoms. The van der Waals surface area contributed by atoms with Crippen LogP contribution in [0.25, 0.3) is 0 Å². The standard InChI is InChI=1S/C3H8O8S2.Na/c4-12(5,6)10-2-1-3-11-13(7,8)9;/h1-3H2,(H,4,5,6)(H,7,8,9);/q;+1. The van der Waals surface area contributed by atoms with Crippen LogP contribution in [0.15, 0.2) is 0 Å². The summed E-state index contributed by atoms with van der Waals surface area (Å²) < 4.78 is 63.3. The topological polar surface area (TPSA) is 127 Å². The first-order valence-corrected chi connectivity index (χ1v) is 5.67. The molecular formula is C3H8NaO8S2+. The smallest absolute Gasteiger partial charge is 0.264 e. The molecule has 0 aromatic rings. The van der Waals surface area contributed by atoms with Crippen LogP contribution >= 0.6 is 0 Å². The molecule has 0 aromatic carbocycles. The van der Waals surface area contributed by atoms with Crippen LogP contribution in [-0.2, 0) is 29.2 Å². The molecule has 0 saturated heterocycles. The second-order valence-electron chi connectivity index (χ2n) is 1.85. The van der Waals surface area contributed by atoms with Crippen molar-refractivity contribution in [2.24, 2.45) is 0 Å². The summed E-state index contributed by atoms with van der Waals surface area (Å²) in [5, 5.41) is 0. The molecule has 0 spiro atoms. The van der Waals surface area contributed by atoms with Crippen LogP contribution in [0.2, 0.25) is 0 Å². The monoisotopic (exact) mass is 259 g/mol. The van der Waals surface area contributed by atoms with Gasteiger partial charge in [-0.2, -0.15) is 16.8 Å². The molecule has 0 aliphatic heterocycles. The number of hydrogen-bond donors (Lipinski definition) is 2. The molecule has 0 rings (SSSR count). The molecule has 0 radical (unpaired) electrons. The summed E-state index contributed by atoms with van der Waals surface area (Å²) in [5.74, 6) is 0. The molecule has 0 aliphatic rings. The van der Waals surface area contributed by atoms with Crippen LogP contribution in [0.5, 0.6) is 0 Å². The van der Waals surface area contributed by atoms with E-state index in [4.69, 9.17) is 9.11 Å². The van der Waals surface area contributed by atoms with Gasteiger partial charge < -0.3 is 0 Å². The fraction of sp³-hybridized carbons (Fsp3) is 1.00. The van der Waals surface area contributed by atoms with E-state index in [1.54, 1.807) is 0 Å². The van der Waals surface area contributed by atoms with Gasteiger partial charge in [0.2, 0.25) is 0 Å². The van der Waals surface area contributed by atoms with E-state index in [-0.39, 0.29) is 36.0 Å². The third kappa shape index (κ3) is 15.2. The Morgan fingerprint density at radius 3 is 1.36 bits per heavy atom. The van der Waals surface area contributed by atoms with Crippen molar-refractivity contribution in [3.63, 3.8) is 0 Å². The fourth-order valence-corrected chi connectivity index (χ4v) is 1.04. The van der Waals surface area contributed by atoms with Crippen LogP contribution < -0.4 is 29.6 Å². The Balaban J connectivity index is 0. The summed E-state index contributed by atoms with van der Waals surface area (Å²) in [6.45, 7) is -0.872. The zero-order valence-corrected chi connectivity index (χ0v) is 10.9. The van der Waals surface area contributed by atoms with Crippen molar-refractivity contribution in [2.45, 2.75) is 6.42 Å². The number of hydrogen-bond acceptors (Lipinski definition) is 6. The molecule has 0 atom stereocenters. The van der Waals surface area contributed by atoms with Crippen molar-refractivity contribution in [3.05, 3.63) is 0 Å². The van der Waals surface area contributed by atoms with Crippen molar-refractivity contribution >= 4 is 20.8 Å². The van der Waals surface area contributed by atoms with E-state index in [2.05, 4.69) is 8.37 Å². The van der Waals surface area contributed by atoms with Gasteiger partial charge in [0, 0.05) is 0 Å². The molecule has 80 valence electrons. The molecule has 0 amide bonds. The van der Waals surface area contributed by atoms with E-state index < -0.39 is 34.0 Å². The molecule has 0 unspecified atom stereocenters. The predicted octanol–water partition coefficient (Wildman–Crippen LogP) is -3.98. The van der Waals surface area contributed by atoms with E-state index in [1.807, 2.05) is 0 Å². The van der Waals surface area contributed by atoms with Gasteiger partial charge in [0.1, 0.15) is 0 Å². The van der Waals surface area contributed by atoms with Gasteiger partial charge >= 0.3 is 50.4 Å². The van der Waals surface area contributed by atoms with Gasteiger partial charge in [-0.3, -0.25) is 9.11 Å². The van der Waals surface area contributed by atoms with E-state index in [0.29, 0.717) is 0 Å². The van der Waals surface area contributed by atoms with Crippen LogP contribution in [0.3, 0.4) is 0 Å². The quantitative estimate of drug-likeness (QED) is 0.281. The van der Waals surface area contributed by atoms with Gasteiger partial charge in [-0.15, -0.1) is 0 Å². The molecule has 0 bridgehead atoms. The first-order chi connectivity index (χ1) is 5.71. The van der Waals surface area contributed by atoms with Crippen LogP contribution in [0.1, 0.15) is 6.42 Å². The molecule has 11 heteroatoms. The maximum atomic E-state index is 9.92. The van der Waals surface area contributed by atoms with Gasteiger partial charge in [-0.25, -0.2) is 8.37 Å². The van der Waals surface area contributed by atoms with Crippen molar-refractivity contribution in [3.8, 4) is 0 Å². The average Bonchev–Trinajstić information content (AvgIpc) is 1.81. The molecule has 8 nitrogen and oxygen atoms in total. The predicted molar refractivity (Wildman–Crippen MR) is 39.6 cm³/mol. The minimum atomic E-state index is -4.51. The van der Waals surface area contributed by atoms with Gasteiger partial charge in [0.05, 0.1) is 13.2 Å². The Labute approximate surface area is 104 Å². The number of rotatable bonds is 6. The summed E-state index contributed by atoms with van der Waals surface area (Å²) in [6.07, 6.45) is -0.112. The first-order valence-electron chi connectivity index (χ1n) is 2.94. The van der Waals surface area contributed by atoms with E-state index in [0.717, 1.165) is 0 Å². The summed E-state index contributed by atoms with van der Waals surface area (Å²) in [4.78, 5) is 0. The summed E-state index contributed by atoms with van der Waals surface area (Å²) in [5.41, 5.74) is 0. The summed E-state index contributed by atoms with van der Waals surface area (Å²) in [7, 11) is -9.02. The summed E-state index contributed by atoms with van der Waals surface area (Å²) in [6, 6.07) is 0. The van der Waals surface area contributed by atoms with Crippen molar-refractivity contribution in [1.82, 2.24) is 0 Å². The molecule has 0 aliphatic carbocycles. The van der Waals surface area contributed by atoms with Crippen LogP contribution in [0.4, 0.5) is 0 Å². The van der Waals surface area contributed by atoms with E-state index >= 15 is 0 Å². The van der Waals surface area contributed by atoms with Gasteiger partial charge in [0.25, 0.3) is 0 Å². The Morgan fingerprint density at radius 1 is 0.857 bits per heavy atom. The van der Waals surface area contributed by atoms with Crippen molar-refractivity contribution < 1.29 is 63.9 Å². The Bertz CT molecular complexity index is 296. The molecule has 0 fully saturated rings. The minimum Gasteiger partial charge on any atom is -0.264 e. The molecular weight excluding hydrogens is 251 g/mol. The van der Waals surface area contributed by atoms with Crippen molar-refractivity contribution in [2.75, 3.05) is 13.2 Å². The van der Waals surface area contributed by atoms with Gasteiger partial charge in [-0.1, -0.05) is 0 Å². The largest absolute Gasteiger partial charge is 1.00 e. The van der Waals surface area contributed by atoms with Gasteiger partial charge in [-0.05, 0) is 6.42 Å². The fourth-order valence-electron chi connectivity index (χ4n) is 0.387. The SMILES string of the molecule is O=S(=O)(O)OCCCOS(=O)(=O)O.[Na+]. The minimum absolute atomic E-state index is 0. The zero-order chi connectivity index (χ0) is 10.5. The zero-order valence-electron chi connectivity index (χ0n) is 7.28. The third-order valence-electron chi connectivity index (χ3n) is 0.753. The molecule has 2 N–H and O–H groups in total. The Kier molecular flexibility index (Phi) is 8.68. The second-order valence-corrected chi connectivity index (χ2v) is 4.04. The Hall–Kier alpha value is 0.740. The maximum absolute atomic E-state index is 9.92. The summed E-state index contributed by atoms with van der Waals surface area (Å²) >= 11 is 0. The van der Waals surface area contributed by atoms with Crippen LogP contribution in [-0.4, -0.2) is 39.2 Å². The second kappa shape index (κ2) is 7.09. The van der Waals surface area contributed by atoms with Gasteiger partial charge in [0.15, 0.2) is 0 Å². The molecule has 0 heterocycles. The molecule has 0 aromatic heterocycles. The third-order valence-corrected chi connectivity index (χ3v) is 1.68. The van der Waals surface area contributed by atoms with E-state index in [9.17, 15) is 16.8 Å². The average molecular weight is 259 g/mol. The van der Waals surface area contributed by atoms with Crippen molar-refractivity contribution in [1.29, 1.82) is 0 Å². The maximum Gasteiger partial charge on any atom is 1.00 e. The Morgan fingerprint density at radius 2 is 1.14 bits per heavy atom. The van der Waals surface area contributed by atoms with E-state index in [1.165, 1.54) is 0 Å². The van der Waals surface area contributed by atoms with Crippen LogP contribution in [0, 0.1) is 0 Å². The first kappa shape index (κ1) is 17.1.